The number of guanidine groups is 1. The third-order valence-electron chi connectivity index (χ3n) is 4.11. The minimum atomic E-state index is 0.0713. The molecular weight excluding hydrogens is 224 g/mol. The largest absolute Gasteiger partial charge is 0.370 e. The molecule has 1 saturated carbocycles. The van der Waals surface area contributed by atoms with Crippen molar-refractivity contribution >= 4 is 5.96 Å². The summed E-state index contributed by atoms with van der Waals surface area (Å²) in [7, 11) is 0. The van der Waals surface area contributed by atoms with Crippen molar-refractivity contribution in [3.63, 3.8) is 0 Å². The lowest BCUT2D eigenvalue weighted by atomic mass is 9.77. The van der Waals surface area contributed by atoms with Crippen molar-refractivity contribution in [2.45, 2.75) is 46.0 Å². The van der Waals surface area contributed by atoms with Crippen LogP contribution in [0.3, 0.4) is 0 Å². The van der Waals surface area contributed by atoms with Crippen LogP contribution in [0.4, 0.5) is 0 Å². The van der Waals surface area contributed by atoms with E-state index in [2.05, 4.69) is 24.5 Å². The van der Waals surface area contributed by atoms with Crippen LogP contribution in [0.15, 0.2) is 0 Å². The summed E-state index contributed by atoms with van der Waals surface area (Å²) in [6.45, 7) is 7.67. The Labute approximate surface area is 112 Å². The molecule has 1 aliphatic carbocycles. The molecule has 0 aromatic carbocycles. The summed E-state index contributed by atoms with van der Waals surface area (Å²) >= 11 is 0. The zero-order valence-corrected chi connectivity index (χ0v) is 12.0. The first-order valence-electron chi connectivity index (χ1n) is 7.38. The van der Waals surface area contributed by atoms with Crippen LogP contribution in [0.1, 0.15) is 46.0 Å². The minimum absolute atomic E-state index is 0.0713. The second kappa shape index (κ2) is 8.35. The van der Waals surface area contributed by atoms with E-state index in [1.807, 2.05) is 0 Å². The van der Waals surface area contributed by atoms with Crippen molar-refractivity contribution in [2.75, 3.05) is 19.6 Å². The van der Waals surface area contributed by atoms with Crippen LogP contribution in [0.5, 0.6) is 0 Å². The predicted molar refractivity (Wildman–Crippen MR) is 77.7 cm³/mol. The number of nitrogens with one attached hydrogen (secondary N) is 3. The monoisotopic (exact) mass is 254 g/mol. The number of rotatable bonds is 7. The van der Waals surface area contributed by atoms with E-state index >= 15 is 0 Å². The normalized spacial score (nSPS) is 24.2. The van der Waals surface area contributed by atoms with Gasteiger partial charge in [-0.3, -0.25) is 5.41 Å². The Morgan fingerprint density at radius 1 is 1.22 bits per heavy atom. The van der Waals surface area contributed by atoms with Crippen molar-refractivity contribution in [1.82, 2.24) is 10.6 Å². The van der Waals surface area contributed by atoms with Crippen molar-refractivity contribution in [1.29, 1.82) is 5.41 Å². The van der Waals surface area contributed by atoms with Crippen molar-refractivity contribution in [3.05, 3.63) is 0 Å². The van der Waals surface area contributed by atoms with Crippen LogP contribution in [-0.2, 0) is 0 Å². The van der Waals surface area contributed by atoms with Gasteiger partial charge in [-0.05, 0) is 62.9 Å². The lowest BCUT2D eigenvalue weighted by Crippen LogP contribution is -2.33. The molecule has 0 saturated heterocycles. The van der Waals surface area contributed by atoms with Gasteiger partial charge in [0.25, 0.3) is 0 Å². The van der Waals surface area contributed by atoms with Gasteiger partial charge in [-0.2, -0.15) is 0 Å². The fourth-order valence-corrected chi connectivity index (χ4v) is 2.80. The second-order valence-corrected chi connectivity index (χ2v) is 5.92. The summed E-state index contributed by atoms with van der Waals surface area (Å²) in [4.78, 5) is 0. The smallest absolute Gasteiger partial charge is 0.185 e. The van der Waals surface area contributed by atoms with Crippen LogP contribution in [0.25, 0.3) is 0 Å². The van der Waals surface area contributed by atoms with Crippen LogP contribution >= 0.6 is 0 Å². The van der Waals surface area contributed by atoms with E-state index in [1.54, 1.807) is 0 Å². The highest BCUT2D eigenvalue weighted by Gasteiger charge is 2.22. The maximum Gasteiger partial charge on any atom is 0.185 e. The molecule has 1 rings (SSSR count). The zero-order valence-electron chi connectivity index (χ0n) is 12.0. The molecule has 0 radical (unpaired) electrons. The fraction of sp³-hybridized carbons (Fsp3) is 0.929. The average molecular weight is 254 g/mol. The molecule has 0 bridgehead atoms. The Hall–Kier alpha value is -0.770. The molecule has 106 valence electrons. The molecule has 0 unspecified atom stereocenters. The molecule has 0 aromatic heterocycles. The Morgan fingerprint density at radius 2 is 1.89 bits per heavy atom. The molecule has 0 aromatic rings. The predicted octanol–water partition coefficient (Wildman–Crippen LogP) is 1.91. The van der Waals surface area contributed by atoms with Crippen LogP contribution < -0.4 is 16.4 Å². The van der Waals surface area contributed by atoms with Crippen LogP contribution in [0, 0.1) is 23.2 Å². The average Bonchev–Trinajstić information content (AvgIpc) is 2.34. The van der Waals surface area contributed by atoms with Gasteiger partial charge in [0.15, 0.2) is 5.96 Å². The summed E-state index contributed by atoms with van der Waals surface area (Å²) in [5.41, 5.74) is 5.21. The second-order valence-electron chi connectivity index (χ2n) is 5.92. The molecule has 4 nitrogen and oxygen atoms in total. The van der Waals surface area contributed by atoms with Gasteiger partial charge in [-0.25, -0.2) is 0 Å². The number of nitrogens with two attached hydrogens (primary N) is 1. The molecule has 0 atom stereocenters. The molecule has 18 heavy (non-hydrogen) atoms. The van der Waals surface area contributed by atoms with Gasteiger partial charge in [0.2, 0.25) is 0 Å². The van der Waals surface area contributed by atoms with Gasteiger partial charge in [-0.1, -0.05) is 13.8 Å². The maximum absolute atomic E-state index is 7.03. The molecule has 5 N–H and O–H groups in total. The summed E-state index contributed by atoms with van der Waals surface area (Å²) < 4.78 is 0. The topological polar surface area (TPSA) is 73.9 Å². The highest BCUT2D eigenvalue weighted by atomic mass is 15.0. The quantitative estimate of drug-likeness (QED) is 0.318. The Bertz CT molecular complexity index is 232. The van der Waals surface area contributed by atoms with E-state index in [1.165, 1.54) is 25.7 Å². The SMILES string of the molecule is CC(C)C1CCC(CNCCCNC(=N)N)CC1. The first-order valence-corrected chi connectivity index (χ1v) is 7.38. The molecule has 4 heteroatoms. The molecule has 1 aliphatic rings. The molecular formula is C14H30N4. The molecule has 1 fully saturated rings. The minimum Gasteiger partial charge on any atom is -0.370 e. The lowest BCUT2D eigenvalue weighted by molar-refractivity contribution is 0.220. The number of hydrogen-bond acceptors (Lipinski definition) is 2. The molecule has 0 spiro atoms. The maximum atomic E-state index is 7.03. The fourth-order valence-electron chi connectivity index (χ4n) is 2.80. The van der Waals surface area contributed by atoms with Gasteiger partial charge in [0.1, 0.15) is 0 Å². The highest BCUT2D eigenvalue weighted by Crippen LogP contribution is 2.32. The summed E-state index contributed by atoms with van der Waals surface area (Å²) in [6, 6.07) is 0. The van der Waals surface area contributed by atoms with Gasteiger partial charge in [0, 0.05) is 6.54 Å². The zero-order chi connectivity index (χ0) is 13.4. The van der Waals surface area contributed by atoms with Crippen molar-refractivity contribution in [3.8, 4) is 0 Å². The van der Waals surface area contributed by atoms with Crippen molar-refractivity contribution < 1.29 is 0 Å². The third-order valence-corrected chi connectivity index (χ3v) is 4.11. The Morgan fingerprint density at radius 3 is 2.44 bits per heavy atom. The summed E-state index contributed by atoms with van der Waals surface area (Å²) in [5.74, 6) is 2.76. The Balaban J connectivity index is 1.96. The van der Waals surface area contributed by atoms with Crippen LogP contribution in [-0.4, -0.2) is 25.6 Å². The molecule has 0 heterocycles. The van der Waals surface area contributed by atoms with Gasteiger partial charge >= 0.3 is 0 Å². The first kappa shape index (κ1) is 15.3. The van der Waals surface area contributed by atoms with E-state index in [0.29, 0.717) is 0 Å². The van der Waals surface area contributed by atoms with Crippen molar-refractivity contribution in [2.24, 2.45) is 23.5 Å². The van der Waals surface area contributed by atoms with E-state index in [4.69, 9.17) is 11.1 Å². The standard InChI is InChI=1S/C14H30N4/c1-11(2)13-6-4-12(5-7-13)10-17-8-3-9-18-14(15)16/h11-13,17H,3-10H2,1-2H3,(H4,15,16,18). The third kappa shape index (κ3) is 6.24. The van der Waals surface area contributed by atoms with Gasteiger partial charge < -0.3 is 16.4 Å². The Kier molecular flexibility index (Phi) is 7.09. The van der Waals surface area contributed by atoms with E-state index in [0.717, 1.165) is 43.8 Å². The van der Waals surface area contributed by atoms with E-state index in [9.17, 15) is 0 Å². The lowest BCUT2D eigenvalue weighted by Gasteiger charge is -2.31. The van der Waals surface area contributed by atoms with Gasteiger partial charge in [0.05, 0.1) is 0 Å². The van der Waals surface area contributed by atoms with Gasteiger partial charge in [-0.15, -0.1) is 0 Å². The molecule has 0 aliphatic heterocycles. The molecule has 0 amide bonds. The van der Waals surface area contributed by atoms with Crippen LogP contribution in [0.2, 0.25) is 0 Å². The summed E-state index contributed by atoms with van der Waals surface area (Å²) in [5, 5.41) is 13.4. The van der Waals surface area contributed by atoms with E-state index in [-0.39, 0.29) is 5.96 Å². The highest BCUT2D eigenvalue weighted by molar-refractivity contribution is 5.74. The number of hydrogen-bond donors (Lipinski definition) is 4. The first-order chi connectivity index (χ1) is 8.59. The van der Waals surface area contributed by atoms with E-state index < -0.39 is 0 Å². The summed E-state index contributed by atoms with van der Waals surface area (Å²) in [6.07, 6.45) is 6.63.